The van der Waals surface area contributed by atoms with E-state index < -0.39 is 0 Å². The maximum Gasteiger partial charge on any atom is 0.125 e. The molecule has 1 aliphatic heterocycles. The highest BCUT2D eigenvalue weighted by atomic mass is 32.1. The van der Waals surface area contributed by atoms with E-state index in [-0.39, 0.29) is 5.82 Å². The van der Waals surface area contributed by atoms with Crippen molar-refractivity contribution in [2.75, 3.05) is 4.90 Å². The summed E-state index contributed by atoms with van der Waals surface area (Å²) in [5.74, 6) is -0.297. The molecule has 0 atom stereocenters. The van der Waals surface area contributed by atoms with E-state index in [1.807, 2.05) is 24.3 Å². The first-order chi connectivity index (χ1) is 8.68. The van der Waals surface area contributed by atoms with Crippen LogP contribution < -0.4 is 4.90 Å². The minimum Gasteiger partial charge on any atom is -0.291 e. The van der Waals surface area contributed by atoms with Crippen LogP contribution >= 0.6 is 24.4 Å². The largest absolute Gasteiger partial charge is 0.291 e. The van der Waals surface area contributed by atoms with E-state index >= 15 is 0 Å². The Labute approximate surface area is 115 Å². The van der Waals surface area contributed by atoms with Crippen molar-refractivity contribution in [3.05, 3.63) is 65.5 Å². The summed E-state index contributed by atoms with van der Waals surface area (Å²) in [5, 5.41) is 0. The summed E-state index contributed by atoms with van der Waals surface area (Å²) in [4.78, 5) is 2.99. The van der Waals surface area contributed by atoms with Crippen LogP contribution in [0.2, 0.25) is 0 Å². The van der Waals surface area contributed by atoms with E-state index in [9.17, 15) is 4.39 Å². The van der Waals surface area contributed by atoms with Gasteiger partial charge in [-0.2, -0.15) is 0 Å². The molecular formula is C14H8FNS2. The topological polar surface area (TPSA) is 3.24 Å². The molecule has 2 aromatic carbocycles. The molecule has 0 fully saturated rings. The molecule has 1 heterocycles. The van der Waals surface area contributed by atoms with Gasteiger partial charge in [0.1, 0.15) is 15.8 Å². The Balaban J connectivity index is 2.12. The Morgan fingerprint density at radius 1 is 0.833 bits per heavy atom. The molecule has 0 N–H and O–H groups in total. The summed E-state index contributed by atoms with van der Waals surface area (Å²) in [6.45, 7) is 0. The van der Waals surface area contributed by atoms with Crippen molar-refractivity contribution in [1.29, 1.82) is 0 Å². The molecule has 0 aromatic heterocycles. The summed E-state index contributed by atoms with van der Waals surface area (Å²) >= 11 is 10.8. The molecule has 0 bridgehead atoms. The normalized spacial score (nSPS) is 13.9. The van der Waals surface area contributed by atoms with Crippen LogP contribution in [0.1, 0.15) is 11.1 Å². The first-order valence-corrected chi connectivity index (χ1v) is 6.23. The van der Waals surface area contributed by atoms with Gasteiger partial charge in [0.15, 0.2) is 0 Å². The Hall–Kier alpha value is -1.65. The molecule has 0 spiro atoms. The average molecular weight is 273 g/mol. The lowest BCUT2D eigenvalue weighted by Gasteiger charge is -2.18. The fourth-order valence-electron chi connectivity index (χ4n) is 2.04. The third-order valence-electron chi connectivity index (χ3n) is 2.86. The van der Waals surface area contributed by atoms with Crippen LogP contribution in [0.5, 0.6) is 0 Å². The third kappa shape index (κ3) is 1.65. The van der Waals surface area contributed by atoms with Crippen molar-refractivity contribution < 1.29 is 4.39 Å². The van der Waals surface area contributed by atoms with Gasteiger partial charge in [0.05, 0.1) is 5.69 Å². The lowest BCUT2D eigenvalue weighted by molar-refractivity contribution is 0.628. The second-order valence-corrected chi connectivity index (χ2v) is 4.74. The number of anilines is 1. The fraction of sp³-hybridized carbons (Fsp3) is 0. The van der Waals surface area contributed by atoms with E-state index in [2.05, 4.69) is 0 Å². The molecule has 0 saturated carbocycles. The fourth-order valence-corrected chi connectivity index (χ4v) is 2.85. The molecule has 2 aromatic rings. The first kappa shape index (κ1) is 11.4. The predicted molar refractivity (Wildman–Crippen MR) is 78.7 cm³/mol. The van der Waals surface area contributed by atoms with Crippen molar-refractivity contribution in [2.24, 2.45) is 0 Å². The minimum atomic E-state index is -0.297. The van der Waals surface area contributed by atoms with Crippen molar-refractivity contribution >= 4 is 40.1 Å². The van der Waals surface area contributed by atoms with Gasteiger partial charge in [0.25, 0.3) is 0 Å². The van der Waals surface area contributed by atoms with Crippen LogP contribution in [-0.2, 0) is 0 Å². The molecule has 1 nitrogen and oxygen atoms in total. The van der Waals surface area contributed by atoms with Gasteiger partial charge in [-0.25, -0.2) is 4.39 Å². The van der Waals surface area contributed by atoms with E-state index in [4.69, 9.17) is 24.4 Å². The number of fused-ring (bicyclic) bond motifs is 1. The zero-order valence-corrected chi connectivity index (χ0v) is 10.9. The number of nitrogens with zero attached hydrogens (tertiary/aromatic N) is 1. The molecule has 0 unspecified atom stereocenters. The van der Waals surface area contributed by atoms with E-state index in [1.165, 1.54) is 12.1 Å². The van der Waals surface area contributed by atoms with Crippen molar-refractivity contribution in [3.8, 4) is 0 Å². The number of halogens is 1. The predicted octanol–water partition coefficient (Wildman–Crippen LogP) is 3.70. The molecule has 0 amide bonds. The summed E-state index contributed by atoms with van der Waals surface area (Å²) < 4.78 is 13.3. The van der Waals surface area contributed by atoms with Crippen molar-refractivity contribution in [2.45, 2.75) is 0 Å². The van der Waals surface area contributed by atoms with Gasteiger partial charge in [-0.3, -0.25) is 4.90 Å². The maximum atomic E-state index is 13.3. The smallest absolute Gasteiger partial charge is 0.125 e. The molecule has 0 saturated heterocycles. The number of thiocarbonyl (C=S) groups is 2. The number of benzene rings is 2. The van der Waals surface area contributed by atoms with Crippen LogP contribution in [0.3, 0.4) is 0 Å². The highest BCUT2D eigenvalue weighted by Gasteiger charge is 2.29. The van der Waals surface area contributed by atoms with Gasteiger partial charge >= 0.3 is 0 Å². The quantitative estimate of drug-likeness (QED) is 0.729. The summed E-state index contributed by atoms with van der Waals surface area (Å²) in [6.07, 6.45) is 0. The molecule has 88 valence electrons. The highest BCUT2D eigenvalue weighted by molar-refractivity contribution is 7.83. The van der Waals surface area contributed by atoms with Crippen molar-refractivity contribution in [3.63, 3.8) is 0 Å². The van der Waals surface area contributed by atoms with Crippen LogP contribution in [-0.4, -0.2) is 9.98 Å². The number of rotatable bonds is 1. The van der Waals surface area contributed by atoms with Crippen LogP contribution in [0.25, 0.3) is 0 Å². The number of hydrogen-bond acceptors (Lipinski definition) is 2. The van der Waals surface area contributed by atoms with Gasteiger partial charge in [-0.1, -0.05) is 54.8 Å². The SMILES string of the molecule is Fc1cccc(N2C(=S)c3ccccc3C2=S)c1. The first-order valence-electron chi connectivity index (χ1n) is 5.42. The van der Waals surface area contributed by atoms with Crippen LogP contribution in [0.15, 0.2) is 48.5 Å². The van der Waals surface area contributed by atoms with Gasteiger partial charge < -0.3 is 0 Å². The van der Waals surface area contributed by atoms with Gasteiger partial charge in [0.2, 0.25) is 0 Å². The second kappa shape index (κ2) is 4.23. The maximum absolute atomic E-state index is 13.3. The Morgan fingerprint density at radius 3 is 2.00 bits per heavy atom. The number of hydrogen-bond donors (Lipinski definition) is 0. The molecule has 4 heteroatoms. The van der Waals surface area contributed by atoms with E-state index in [0.29, 0.717) is 15.7 Å². The van der Waals surface area contributed by atoms with Crippen LogP contribution in [0.4, 0.5) is 10.1 Å². The van der Waals surface area contributed by atoms with Gasteiger partial charge in [-0.05, 0) is 18.2 Å². The van der Waals surface area contributed by atoms with E-state index in [1.54, 1.807) is 17.0 Å². The zero-order valence-electron chi connectivity index (χ0n) is 9.26. The standard InChI is InChI=1S/C14H8FNS2/c15-9-4-3-5-10(8-9)16-13(17)11-6-1-2-7-12(11)14(16)18/h1-8H. The summed E-state index contributed by atoms with van der Waals surface area (Å²) in [5.41, 5.74) is 2.53. The third-order valence-corrected chi connectivity index (χ3v) is 3.67. The highest BCUT2D eigenvalue weighted by Crippen LogP contribution is 2.29. The molecule has 1 aliphatic rings. The average Bonchev–Trinajstić information content (AvgIpc) is 2.63. The Kier molecular flexibility index (Phi) is 2.69. The Bertz CT molecular complexity index is 631. The summed E-state index contributed by atoms with van der Waals surface area (Å²) in [7, 11) is 0. The molecule has 0 aliphatic carbocycles. The second-order valence-electron chi connectivity index (χ2n) is 3.97. The summed E-state index contributed by atoms with van der Waals surface area (Å²) in [6, 6.07) is 14.0. The lowest BCUT2D eigenvalue weighted by atomic mass is 10.1. The molecular weight excluding hydrogens is 265 g/mol. The minimum absolute atomic E-state index is 0.297. The van der Waals surface area contributed by atoms with Crippen molar-refractivity contribution in [1.82, 2.24) is 0 Å². The lowest BCUT2D eigenvalue weighted by Crippen LogP contribution is -2.27. The molecule has 0 radical (unpaired) electrons. The van der Waals surface area contributed by atoms with E-state index in [0.717, 1.165) is 11.1 Å². The Morgan fingerprint density at radius 2 is 1.44 bits per heavy atom. The monoisotopic (exact) mass is 273 g/mol. The van der Waals surface area contributed by atoms with Gasteiger partial charge in [0, 0.05) is 11.1 Å². The zero-order chi connectivity index (χ0) is 12.7. The molecule has 18 heavy (non-hydrogen) atoms. The van der Waals surface area contributed by atoms with Crippen LogP contribution in [0, 0.1) is 5.82 Å². The van der Waals surface area contributed by atoms with Gasteiger partial charge in [-0.15, -0.1) is 0 Å². The molecule has 3 rings (SSSR count).